The van der Waals surface area contributed by atoms with E-state index in [0.29, 0.717) is 18.5 Å². The van der Waals surface area contributed by atoms with Gasteiger partial charge in [0.2, 0.25) is 0 Å². The molecule has 1 rings (SSSR count). The minimum absolute atomic E-state index is 0.299. The summed E-state index contributed by atoms with van der Waals surface area (Å²) in [5, 5.41) is 3.07. The molecular weight excluding hydrogens is 238 g/mol. The first-order chi connectivity index (χ1) is 9.11. The van der Waals surface area contributed by atoms with Crippen LogP contribution in [0.2, 0.25) is 0 Å². The standard InChI is InChI=1S/C15H25N3O/c1-4-5-9-19-14-8-6-7-13(10-14)11-17-15(16)18-12(2)3/h6-8,10,12H,4-5,9,11H2,1-3H3,(H3,16,17,18). The zero-order valence-electron chi connectivity index (χ0n) is 12.1. The number of nitrogens with one attached hydrogen (secondary N) is 1. The molecule has 0 aromatic heterocycles. The van der Waals surface area contributed by atoms with Crippen LogP contribution < -0.4 is 15.8 Å². The molecule has 0 fully saturated rings. The molecule has 0 aliphatic carbocycles. The Morgan fingerprint density at radius 1 is 1.42 bits per heavy atom. The molecule has 0 spiro atoms. The van der Waals surface area contributed by atoms with Crippen LogP contribution in [-0.4, -0.2) is 18.6 Å². The third-order valence-corrected chi connectivity index (χ3v) is 2.53. The highest BCUT2D eigenvalue weighted by Gasteiger charge is 1.98. The quantitative estimate of drug-likeness (QED) is 0.452. The summed E-state index contributed by atoms with van der Waals surface area (Å²) in [6.45, 7) is 7.55. The number of hydrogen-bond acceptors (Lipinski definition) is 2. The van der Waals surface area contributed by atoms with Crippen LogP contribution in [0.15, 0.2) is 29.3 Å². The Balaban J connectivity index is 2.52. The van der Waals surface area contributed by atoms with E-state index in [2.05, 4.69) is 17.2 Å². The van der Waals surface area contributed by atoms with E-state index in [-0.39, 0.29) is 0 Å². The molecule has 0 aliphatic heterocycles. The van der Waals surface area contributed by atoms with Crippen LogP contribution in [0.4, 0.5) is 0 Å². The van der Waals surface area contributed by atoms with Gasteiger partial charge in [-0.15, -0.1) is 0 Å². The van der Waals surface area contributed by atoms with Crippen LogP contribution in [0.1, 0.15) is 39.2 Å². The van der Waals surface area contributed by atoms with Crippen molar-refractivity contribution in [2.45, 2.75) is 46.2 Å². The highest BCUT2D eigenvalue weighted by molar-refractivity contribution is 5.78. The van der Waals surface area contributed by atoms with Gasteiger partial charge in [0.15, 0.2) is 5.96 Å². The fraction of sp³-hybridized carbons (Fsp3) is 0.533. The van der Waals surface area contributed by atoms with Gasteiger partial charge in [0, 0.05) is 6.04 Å². The topological polar surface area (TPSA) is 59.6 Å². The molecule has 0 atom stereocenters. The van der Waals surface area contributed by atoms with Gasteiger partial charge in [-0.25, -0.2) is 4.99 Å². The number of nitrogens with zero attached hydrogens (tertiary/aromatic N) is 1. The summed E-state index contributed by atoms with van der Waals surface area (Å²) in [6, 6.07) is 8.30. The van der Waals surface area contributed by atoms with E-state index in [1.807, 2.05) is 38.1 Å². The van der Waals surface area contributed by atoms with Crippen molar-refractivity contribution in [2.75, 3.05) is 6.61 Å². The summed E-state index contributed by atoms with van der Waals surface area (Å²) < 4.78 is 5.66. The van der Waals surface area contributed by atoms with Gasteiger partial charge in [0.05, 0.1) is 13.2 Å². The Bertz CT molecular complexity index is 402. The largest absolute Gasteiger partial charge is 0.494 e. The number of nitrogens with two attached hydrogens (primary N) is 1. The van der Waals surface area contributed by atoms with E-state index in [4.69, 9.17) is 10.5 Å². The van der Waals surface area contributed by atoms with Crippen LogP contribution in [0, 0.1) is 0 Å². The minimum atomic E-state index is 0.299. The normalized spacial score (nSPS) is 11.7. The van der Waals surface area contributed by atoms with Crippen molar-refractivity contribution in [3.05, 3.63) is 29.8 Å². The SMILES string of the molecule is CCCCOc1cccc(CN=C(N)NC(C)C)c1. The zero-order valence-corrected chi connectivity index (χ0v) is 12.1. The van der Waals surface area contributed by atoms with Crippen molar-refractivity contribution in [3.63, 3.8) is 0 Å². The summed E-state index contributed by atoms with van der Waals surface area (Å²) in [5.74, 6) is 1.38. The van der Waals surface area contributed by atoms with Gasteiger partial charge < -0.3 is 15.8 Å². The predicted molar refractivity (Wildman–Crippen MR) is 80.4 cm³/mol. The summed E-state index contributed by atoms with van der Waals surface area (Å²) in [4.78, 5) is 4.30. The number of guanidine groups is 1. The minimum Gasteiger partial charge on any atom is -0.494 e. The first-order valence-electron chi connectivity index (χ1n) is 6.90. The molecule has 106 valence electrons. The lowest BCUT2D eigenvalue weighted by Gasteiger charge is -2.09. The molecule has 0 heterocycles. The Kier molecular flexibility index (Phi) is 6.79. The maximum absolute atomic E-state index is 5.77. The average Bonchev–Trinajstić information content (AvgIpc) is 2.36. The van der Waals surface area contributed by atoms with Crippen molar-refractivity contribution >= 4 is 5.96 Å². The highest BCUT2D eigenvalue weighted by atomic mass is 16.5. The number of rotatable bonds is 7. The second-order valence-electron chi connectivity index (χ2n) is 4.85. The maximum atomic E-state index is 5.77. The van der Waals surface area contributed by atoms with Crippen LogP contribution in [0.3, 0.4) is 0 Å². The molecule has 0 saturated heterocycles. The molecule has 0 unspecified atom stereocenters. The molecule has 0 radical (unpaired) electrons. The maximum Gasteiger partial charge on any atom is 0.189 e. The van der Waals surface area contributed by atoms with Crippen LogP contribution >= 0.6 is 0 Å². The third-order valence-electron chi connectivity index (χ3n) is 2.53. The number of aliphatic imine (C=N–C) groups is 1. The van der Waals surface area contributed by atoms with Gasteiger partial charge in [0.25, 0.3) is 0 Å². The number of hydrogen-bond donors (Lipinski definition) is 2. The lowest BCUT2D eigenvalue weighted by atomic mass is 10.2. The Morgan fingerprint density at radius 2 is 2.21 bits per heavy atom. The van der Waals surface area contributed by atoms with E-state index in [1.54, 1.807) is 0 Å². The predicted octanol–water partition coefficient (Wildman–Crippen LogP) is 2.68. The lowest BCUT2D eigenvalue weighted by Crippen LogP contribution is -2.36. The first kappa shape index (κ1) is 15.3. The van der Waals surface area contributed by atoms with Gasteiger partial charge in [-0.05, 0) is 38.0 Å². The molecular formula is C15H25N3O. The van der Waals surface area contributed by atoms with E-state index >= 15 is 0 Å². The average molecular weight is 263 g/mol. The lowest BCUT2D eigenvalue weighted by molar-refractivity contribution is 0.309. The van der Waals surface area contributed by atoms with Crippen molar-refractivity contribution in [2.24, 2.45) is 10.7 Å². The Labute approximate surface area is 116 Å². The highest BCUT2D eigenvalue weighted by Crippen LogP contribution is 2.14. The van der Waals surface area contributed by atoms with Crippen molar-refractivity contribution in [1.82, 2.24) is 5.32 Å². The third kappa shape index (κ3) is 6.70. The Morgan fingerprint density at radius 3 is 2.89 bits per heavy atom. The van der Waals surface area contributed by atoms with Crippen molar-refractivity contribution in [1.29, 1.82) is 0 Å². The second-order valence-corrected chi connectivity index (χ2v) is 4.85. The van der Waals surface area contributed by atoms with Gasteiger partial charge in [0.1, 0.15) is 5.75 Å². The summed E-state index contributed by atoms with van der Waals surface area (Å²) in [5.41, 5.74) is 6.87. The molecule has 0 bridgehead atoms. The van der Waals surface area contributed by atoms with E-state index < -0.39 is 0 Å². The molecule has 1 aromatic carbocycles. The van der Waals surface area contributed by atoms with E-state index in [0.717, 1.165) is 30.8 Å². The van der Waals surface area contributed by atoms with Crippen LogP contribution in [0.25, 0.3) is 0 Å². The van der Waals surface area contributed by atoms with Crippen LogP contribution in [-0.2, 0) is 6.54 Å². The molecule has 0 amide bonds. The molecule has 4 heteroatoms. The summed E-state index contributed by atoms with van der Waals surface area (Å²) >= 11 is 0. The number of benzene rings is 1. The summed E-state index contributed by atoms with van der Waals surface area (Å²) in [6.07, 6.45) is 2.22. The first-order valence-corrected chi connectivity index (χ1v) is 6.90. The molecule has 0 aliphatic rings. The Hall–Kier alpha value is -1.71. The second kappa shape index (κ2) is 8.40. The van der Waals surface area contributed by atoms with Gasteiger partial charge in [-0.3, -0.25) is 0 Å². The van der Waals surface area contributed by atoms with Gasteiger partial charge in [-0.2, -0.15) is 0 Å². The molecule has 1 aromatic rings. The summed E-state index contributed by atoms with van der Waals surface area (Å²) in [7, 11) is 0. The van der Waals surface area contributed by atoms with E-state index in [9.17, 15) is 0 Å². The van der Waals surface area contributed by atoms with Gasteiger partial charge >= 0.3 is 0 Å². The zero-order chi connectivity index (χ0) is 14.1. The monoisotopic (exact) mass is 263 g/mol. The van der Waals surface area contributed by atoms with Crippen LogP contribution in [0.5, 0.6) is 5.75 Å². The molecule has 0 saturated carbocycles. The molecule has 19 heavy (non-hydrogen) atoms. The number of ether oxygens (including phenoxy) is 1. The van der Waals surface area contributed by atoms with Gasteiger partial charge in [-0.1, -0.05) is 25.5 Å². The smallest absolute Gasteiger partial charge is 0.189 e. The molecule has 3 N–H and O–H groups in total. The number of unbranched alkanes of at least 4 members (excludes halogenated alkanes) is 1. The van der Waals surface area contributed by atoms with E-state index in [1.165, 1.54) is 0 Å². The van der Waals surface area contributed by atoms with Crippen molar-refractivity contribution < 1.29 is 4.74 Å². The van der Waals surface area contributed by atoms with Crippen molar-refractivity contribution in [3.8, 4) is 5.75 Å². The fourth-order valence-electron chi connectivity index (χ4n) is 1.59. The fourth-order valence-corrected chi connectivity index (χ4v) is 1.59. The molecule has 4 nitrogen and oxygen atoms in total.